The molecule has 1 aromatic carbocycles. The first-order chi connectivity index (χ1) is 7.81. The molecule has 0 N–H and O–H groups in total. The largest absolute Gasteiger partial charge is 0.497 e. The van der Waals surface area contributed by atoms with Gasteiger partial charge in [-0.05, 0) is 17.7 Å². The number of hydrogen-bond donors (Lipinski definition) is 0. The second-order valence-corrected chi connectivity index (χ2v) is 3.28. The molecule has 0 aliphatic rings. The summed E-state index contributed by atoms with van der Waals surface area (Å²) in [7, 11) is 3.20. The minimum atomic E-state index is 0.383. The van der Waals surface area contributed by atoms with Crippen molar-refractivity contribution < 1.29 is 9.47 Å². The molecule has 0 amide bonds. The molecule has 0 saturated carbocycles. The second-order valence-electron chi connectivity index (χ2n) is 3.28. The van der Waals surface area contributed by atoms with Crippen LogP contribution in [0.5, 0.6) is 11.8 Å². The average molecular weight is 219 g/mol. The van der Waals surface area contributed by atoms with Gasteiger partial charge in [-0.2, -0.15) is 4.98 Å². The number of methoxy groups -OCH3 is 2. The lowest BCUT2D eigenvalue weighted by Gasteiger charge is -2.02. The zero-order valence-electron chi connectivity index (χ0n) is 9.25. The van der Waals surface area contributed by atoms with Crippen LogP contribution in [0.1, 0.15) is 5.56 Å². The Bertz CT molecular complexity index is 451. The van der Waals surface area contributed by atoms with E-state index in [4.69, 9.17) is 9.47 Å². The summed E-state index contributed by atoms with van der Waals surface area (Å²) in [4.78, 5) is 3.97. The maximum Gasteiger partial charge on any atom is 0.335 e. The van der Waals surface area contributed by atoms with E-state index in [1.165, 1.54) is 0 Å². The first kappa shape index (κ1) is 10.5. The van der Waals surface area contributed by atoms with Crippen LogP contribution in [0, 0.1) is 0 Å². The lowest BCUT2D eigenvalue weighted by atomic mass is 10.2. The maximum absolute atomic E-state index is 5.09. The highest BCUT2D eigenvalue weighted by Gasteiger charge is 2.00. The minimum Gasteiger partial charge on any atom is -0.497 e. The SMILES string of the molecule is COc1ccc(Cn2cnc(OC)n2)cc1. The summed E-state index contributed by atoms with van der Waals surface area (Å²) < 4.78 is 11.7. The van der Waals surface area contributed by atoms with Crippen molar-refractivity contribution in [3.63, 3.8) is 0 Å². The Kier molecular flexibility index (Phi) is 3.05. The number of benzene rings is 1. The van der Waals surface area contributed by atoms with Crippen LogP contribution in [0.3, 0.4) is 0 Å². The standard InChI is InChI=1S/C11H13N3O2/c1-15-10-5-3-9(4-6-10)7-14-8-12-11(13-14)16-2/h3-6,8H,7H2,1-2H3. The Hall–Kier alpha value is -2.04. The van der Waals surface area contributed by atoms with Crippen molar-refractivity contribution in [2.24, 2.45) is 0 Å². The van der Waals surface area contributed by atoms with Gasteiger partial charge in [-0.3, -0.25) is 0 Å². The molecule has 0 aliphatic carbocycles. The summed E-state index contributed by atoms with van der Waals surface area (Å²) in [5, 5.41) is 4.12. The molecule has 0 saturated heterocycles. The molecule has 0 radical (unpaired) electrons. The van der Waals surface area contributed by atoms with E-state index in [-0.39, 0.29) is 0 Å². The third kappa shape index (κ3) is 2.31. The Labute approximate surface area is 93.6 Å². The van der Waals surface area contributed by atoms with Crippen LogP contribution in [0.4, 0.5) is 0 Å². The fourth-order valence-corrected chi connectivity index (χ4v) is 1.37. The highest BCUT2D eigenvalue weighted by molar-refractivity contribution is 5.27. The smallest absolute Gasteiger partial charge is 0.335 e. The van der Waals surface area contributed by atoms with E-state index < -0.39 is 0 Å². The van der Waals surface area contributed by atoms with E-state index in [0.717, 1.165) is 11.3 Å². The number of nitrogens with zero attached hydrogens (tertiary/aromatic N) is 3. The van der Waals surface area contributed by atoms with E-state index in [9.17, 15) is 0 Å². The van der Waals surface area contributed by atoms with Crippen molar-refractivity contribution in [2.45, 2.75) is 6.54 Å². The van der Waals surface area contributed by atoms with Crippen molar-refractivity contribution >= 4 is 0 Å². The maximum atomic E-state index is 5.09. The number of ether oxygens (including phenoxy) is 2. The van der Waals surface area contributed by atoms with Crippen LogP contribution in [0.2, 0.25) is 0 Å². The van der Waals surface area contributed by atoms with Crippen molar-refractivity contribution in [1.82, 2.24) is 14.8 Å². The average Bonchev–Trinajstić information content (AvgIpc) is 2.78. The van der Waals surface area contributed by atoms with Crippen LogP contribution in [0.25, 0.3) is 0 Å². The van der Waals surface area contributed by atoms with Gasteiger partial charge in [0, 0.05) is 0 Å². The van der Waals surface area contributed by atoms with Gasteiger partial charge < -0.3 is 9.47 Å². The zero-order valence-corrected chi connectivity index (χ0v) is 9.25. The Balaban J connectivity index is 2.08. The Morgan fingerprint density at radius 3 is 2.44 bits per heavy atom. The summed E-state index contributed by atoms with van der Waals surface area (Å²) >= 11 is 0. The van der Waals surface area contributed by atoms with Crippen LogP contribution >= 0.6 is 0 Å². The highest BCUT2D eigenvalue weighted by Crippen LogP contribution is 2.12. The summed E-state index contributed by atoms with van der Waals surface area (Å²) in [6, 6.07) is 8.21. The summed E-state index contributed by atoms with van der Waals surface area (Å²) in [5.74, 6) is 0.847. The van der Waals surface area contributed by atoms with Gasteiger partial charge in [0.1, 0.15) is 12.1 Å². The summed E-state index contributed by atoms with van der Waals surface area (Å²) in [6.07, 6.45) is 1.64. The van der Waals surface area contributed by atoms with E-state index in [1.54, 1.807) is 25.2 Å². The third-order valence-corrected chi connectivity index (χ3v) is 2.20. The van der Waals surface area contributed by atoms with Gasteiger partial charge in [0.05, 0.1) is 20.8 Å². The van der Waals surface area contributed by atoms with E-state index >= 15 is 0 Å². The van der Waals surface area contributed by atoms with Gasteiger partial charge in [-0.1, -0.05) is 12.1 Å². The minimum absolute atomic E-state index is 0.383. The number of aromatic nitrogens is 3. The van der Waals surface area contributed by atoms with Gasteiger partial charge in [0.15, 0.2) is 0 Å². The van der Waals surface area contributed by atoms with Crippen LogP contribution in [0.15, 0.2) is 30.6 Å². The summed E-state index contributed by atoms with van der Waals surface area (Å²) in [6.45, 7) is 0.667. The fourth-order valence-electron chi connectivity index (χ4n) is 1.37. The molecule has 5 heteroatoms. The van der Waals surface area contributed by atoms with E-state index in [1.807, 2.05) is 24.3 Å². The number of hydrogen-bond acceptors (Lipinski definition) is 4. The molecule has 2 rings (SSSR count). The topological polar surface area (TPSA) is 49.2 Å². The molecule has 0 bridgehead atoms. The molecule has 1 heterocycles. The van der Waals surface area contributed by atoms with Gasteiger partial charge in [0.2, 0.25) is 0 Å². The Morgan fingerprint density at radius 2 is 1.88 bits per heavy atom. The quantitative estimate of drug-likeness (QED) is 0.778. The molecule has 16 heavy (non-hydrogen) atoms. The number of rotatable bonds is 4. The zero-order chi connectivity index (χ0) is 11.4. The van der Waals surface area contributed by atoms with Crippen LogP contribution in [-0.4, -0.2) is 29.0 Å². The monoisotopic (exact) mass is 219 g/mol. The van der Waals surface area contributed by atoms with Gasteiger partial charge in [-0.15, -0.1) is 5.10 Å². The normalized spacial score (nSPS) is 10.1. The van der Waals surface area contributed by atoms with E-state index in [2.05, 4.69) is 10.1 Å². The molecule has 1 aromatic heterocycles. The van der Waals surface area contributed by atoms with E-state index in [0.29, 0.717) is 12.6 Å². The molecule has 84 valence electrons. The first-order valence-corrected chi connectivity index (χ1v) is 4.88. The predicted octanol–water partition coefficient (Wildman–Crippen LogP) is 1.34. The van der Waals surface area contributed by atoms with Gasteiger partial charge in [0.25, 0.3) is 0 Å². The fraction of sp³-hybridized carbons (Fsp3) is 0.273. The van der Waals surface area contributed by atoms with Crippen molar-refractivity contribution in [3.8, 4) is 11.8 Å². The third-order valence-electron chi connectivity index (χ3n) is 2.20. The lowest BCUT2D eigenvalue weighted by molar-refractivity contribution is 0.377. The molecule has 0 fully saturated rings. The van der Waals surface area contributed by atoms with Crippen molar-refractivity contribution in [2.75, 3.05) is 14.2 Å². The van der Waals surface area contributed by atoms with Crippen molar-refractivity contribution in [3.05, 3.63) is 36.2 Å². The van der Waals surface area contributed by atoms with Gasteiger partial charge in [-0.25, -0.2) is 4.68 Å². The highest BCUT2D eigenvalue weighted by atomic mass is 16.5. The molecular formula is C11H13N3O2. The van der Waals surface area contributed by atoms with Crippen LogP contribution < -0.4 is 9.47 Å². The Morgan fingerprint density at radius 1 is 1.12 bits per heavy atom. The lowest BCUT2D eigenvalue weighted by Crippen LogP contribution is -2.00. The van der Waals surface area contributed by atoms with Crippen LogP contribution in [-0.2, 0) is 6.54 Å². The van der Waals surface area contributed by atoms with Crippen molar-refractivity contribution in [1.29, 1.82) is 0 Å². The first-order valence-electron chi connectivity index (χ1n) is 4.88. The second kappa shape index (κ2) is 4.65. The molecule has 0 atom stereocenters. The molecular weight excluding hydrogens is 206 g/mol. The molecule has 0 aliphatic heterocycles. The molecule has 2 aromatic rings. The van der Waals surface area contributed by atoms with Gasteiger partial charge >= 0.3 is 6.01 Å². The molecule has 0 spiro atoms. The molecule has 5 nitrogen and oxygen atoms in total. The predicted molar refractivity (Wildman–Crippen MR) is 58.7 cm³/mol. The molecule has 0 unspecified atom stereocenters. The summed E-state index contributed by atoms with van der Waals surface area (Å²) in [5.41, 5.74) is 1.13.